The van der Waals surface area contributed by atoms with Crippen LogP contribution in [0.2, 0.25) is 0 Å². The van der Waals surface area contributed by atoms with E-state index in [0.717, 1.165) is 17.7 Å². The highest BCUT2D eigenvalue weighted by Gasteiger charge is 2.22. The van der Waals surface area contributed by atoms with Gasteiger partial charge < -0.3 is 20.1 Å². The van der Waals surface area contributed by atoms with Crippen LogP contribution in [0.5, 0.6) is 11.5 Å². The molecule has 0 bridgehead atoms. The van der Waals surface area contributed by atoms with E-state index in [0.29, 0.717) is 43.9 Å². The highest BCUT2D eigenvalue weighted by Crippen LogP contribution is 2.31. The maximum absolute atomic E-state index is 12.3. The van der Waals surface area contributed by atoms with E-state index < -0.39 is 0 Å². The molecule has 0 saturated carbocycles. The van der Waals surface area contributed by atoms with Crippen LogP contribution in [0.15, 0.2) is 48.5 Å². The monoisotopic (exact) mass is 382 g/mol. The smallest absolute Gasteiger partial charge is 0.255 e. The maximum Gasteiger partial charge on any atom is 0.255 e. The van der Waals surface area contributed by atoms with Gasteiger partial charge in [0.15, 0.2) is 0 Å². The van der Waals surface area contributed by atoms with Crippen molar-refractivity contribution in [2.75, 3.05) is 19.8 Å². The Morgan fingerprint density at radius 2 is 1.93 bits per heavy atom. The average molecular weight is 382 g/mol. The van der Waals surface area contributed by atoms with Gasteiger partial charge in [-0.25, -0.2) is 0 Å². The van der Waals surface area contributed by atoms with E-state index in [4.69, 9.17) is 9.47 Å². The van der Waals surface area contributed by atoms with Gasteiger partial charge in [0.1, 0.15) is 11.5 Å². The van der Waals surface area contributed by atoms with Crippen LogP contribution in [0.25, 0.3) is 0 Å². The van der Waals surface area contributed by atoms with Crippen LogP contribution in [0, 0.1) is 0 Å². The molecule has 1 heterocycles. The van der Waals surface area contributed by atoms with Crippen molar-refractivity contribution < 1.29 is 19.1 Å². The number of amides is 2. The Kier molecular flexibility index (Phi) is 6.89. The second-order valence-electron chi connectivity index (χ2n) is 6.58. The Bertz CT molecular complexity index is 822. The summed E-state index contributed by atoms with van der Waals surface area (Å²) in [4.78, 5) is 24.6. The van der Waals surface area contributed by atoms with Crippen LogP contribution in [0.4, 0.5) is 0 Å². The van der Waals surface area contributed by atoms with E-state index in [1.54, 1.807) is 18.2 Å². The molecule has 2 aromatic carbocycles. The van der Waals surface area contributed by atoms with Gasteiger partial charge in [-0.2, -0.15) is 0 Å². The molecule has 28 heavy (non-hydrogen) atoms. The van der Waals surface area contributed by atoms with Crippen molar-refractivity contribution in [1.82, 2.24) is 10.6 Å². The molecule has 0 unspecified atom stereocenters. The van der Waals surface area contributed by atoms with Gasteiger partial charge in [-0.05, 0) is 31.5 Å². The topological polar surface area (TPSA) is 76.7 Å². The molecule has 0 aromatic heterocycles. The van der Waals surface area contributed by atoms with Gasteiger partial charge in [0.25, 0.3) is 5.91 Å². The highest BCUT2D eigenvalue weighted by atomic mass is 16.5. The number of rotatable bonds is 8. The van der Waals surface area contributed by atoms with Crippen molar-refractivity contribution in [2.24, 2.45) is 0 Å². The first-order chi connectivity index (χ1) is 13.7. The Morgan fingerprint density at radius 3 is 2.79 bits per heavy atom. The summed E-state index contributed by atoms with van der Waals surface area (Å²) in [5.74, 6) is 1.19. The fraction of sp³-hybridized carbons (Fsp3) is 0.364. The zero-order valence-corrected chi connectivity index (χ0v) is 16.1. The lowest BCUT2D eigenvalue weighted by Crippen LogP contribution is -2.33. The predicted octanol–water partition coefficient (Wildman–Crippen LogP) is 3.24. The summed E-state index contributed by atoms with van der Waals surface area (Å²) < 4.78 is 11.1. The minimum atomic E-state index is -0.192. The number of ether oxygens (including phenoxy) is 2. The van der Waals surface area contributed by atoms with Crippen molar-refractivity contribution in [3.05, 3.63) is 59.7 Å². The van der Waals surface area contributed by atoms with E-state index in [-0.39, 0.29) is 17.9 Å². The molecular formula is C22H26N2O4. The molecule has 2 aromatic rings. The largest absolute Gasteiger partial charge is 0.493 e. The second kappa shape index (κ2) is 9.78. The average Bonchev–Trinajstić information content (AvgIpc) is 2.72. The third-order valence-electron chi connectivity index (χ3n) is 4.59. The first kappa shape index (κ1) is 19.7. The molecule has 3 rings (SSSR count). The molecule has 148 valence electrons. The van der Waals surface area contributed by atoms with Crippen LogP contribution >= 0.6 is 0 Å². The number of fused-ring (bicyclic) bond motifs is 1. The van der Waals surface area contributed by atoms with Crippen LogP contribution in [0.3, 0.4) is 0 Å². The fourth-order valence-corrected chi connectivity index (χ4v) is 3.24. The van der Waals surface area contributed by atoms with Gasteiger partial charge in [-0.1, -0.05) is 30.3 Å². The van der Waals surface area contributed by atoms with Crippen LogP contribution < -0.4 is 20.1 Å². The molecule has 6 nitrogen and oxygen atoms in total. The Morgan fingerprint density at radius 1 is 1.14 bits per heavy atom. The molecule has 0 saturated heterocycles. The molecular weight excluding hydrogens is 356 g/mol. The third-order valence-corrected chi connectivity index (χ3v) is 4.59. The van der Waals surface area contributed by atoms with E-state index >= 15 is 0 Å². The Hall–Kier alpha value is -3.02. The number of carbonyl (C=O) groups excluding carboxylic acids is 2. The lowest BCUT2D eigenvalue weighted by Gasteiger charge is -2.26. The van der Waals surface area contributed by atoms with Gasteiger partial charge in [0, 0.05) is 24.9 Å². The number of carbonyl (C=O) groups is 2. The summed E-state index contributed by atoms with van der Waals surface area (Å²) >= 11 is 0. The zero-order valence-electron chi connectivity index (χ0n) is 16.1. The van der Waals surface area contributed by atoms with Gasteiger partial charge >= 0.3 is 0 Å². The quantitative estimate of drug-likeness (QED) is 0.687. The predicted molar refractivity (Wildman–Crippen MR) is 107 cm³/mol. The zero-order chi connectivity index (χ0) is 19.8. The van der Waals surface area contributed by atoms with Crippen molar-refractivity contribution in [1.29, 1.82) is 0 Å². The first-order valence-electron chi connectivity index (χ1n) is 9.70. The van der Waals surface area contributed by atoms with E-state index in [1.165, 1.54) is 0 Å². The second-order valence-corrected chi connectivity index (χ2v) is 6.58. The molecule has 0 fully saturated rings. The van der Waals surface area contributed by atoms with E-state index in [1.807, 2.05) is 37.3 Å². The highest BCUT2D eigenvalue weighted by molar-refractivity contribution is 5.96. The summed E-state index contributed by atoms with van der Waals surface area (Å²) in [6, 6.07) is 14.9. The summed E-state index contributed by atoms with van der Waals surface area (Å²) in [6.07, 6.45) is 1.68. The van der Waals surface area contributed by atoms with Gasteiger partial charge in [0.05, 0.1) is 24.8 Å². The van der Waals surface area contributed by atoms with E-state index in [9.17, 15) is 9.59 Å². The van der Waals surface area contributed by atoms with Crippen LogP contribution in [0.1, 0.15) is 48.1 Å². The Labute approximate surface area is 165 Å². The Balaban J connectivity index is 1.43. The van der Waals surface area contributed by atoms with Crippen LogP contribution in [-0.4, -0.2) is 31.6 Å². The van der Waals surface area contributed by atoms with Crippen molar-refractivity contribution in [3.63, 3.8) is 0 Å². The maximum atomic E-state index is 12.3. The molecule has 0 radical (unpaired) electrons. The lowest BCUT2D eigenvalue weighted by atomic mass is 10.0. The molecule has 6 heteroatoms. The van der Waals surface area contributed by atoms with Crippen molar-refractivity contribution in [2.45, 2.75) is 32.2 Å². The fourth-order valence-electron chi connectivity index (χ4n) is 3.24. The summed E-state index contributed by atoms with van der Waals surface area (Å²) in [5.41, 5.74) is 1.52. The molecule has 2 N–H and O–H groups in total. The minimum Gasteiger partial charge on any atom is -0.493 e. The number of hydrogen-bond donors (Lipinski definition) is 2. The van der Waals surface area contributed by atoms with Crippen molar-refractivity contribution >= 4 is 11.8 Å². The van der Waals surface area contributed by atoms with E-state index in [2.05, 4.69) is 10.6 Å². The molecule has 1 atom stereocenters. The number of hydrogen-bond acceptors (Lipinski definition) is 4. The number of benzene rings is 2. The molecule has 0 spiro atoms. The van der Waals surface area contributed by atoms with Gasteiger partial charge in [0.2, 0.25) is 5.91 Å². The third kappa shape index (κ3) is 5.03. The number of nitrogens with one attached hydrogen (secondary N) is 2. The first-order valence-corrected chi connectivity index (χ1v) is 9.70. The number of para-hydroxylation sites is 2. The summed E-state index contributed by atoms with van der Waals surface area (Å²) in [5, 5.41) is 5.92. The van der Waals surface area contributed by atoms with Crippen molar-refractivity contribution in [3.8, 4) is 11.5 Å². The molecule has 0 aliphatic carbocycles. The van der Waals surface area contributed by atoms with Gasteiger partial charge in [-0.15, -0.1) is 0 Å². The van der Waals surface area contributed by atoms with Crippen LogP contribution in [-0.2, 0) is 4.79 Å². The molecule has 1 aliphatic rings. The lowest BCUT2D eigenvalue weighted by molar-refractivity contribution is -0.122. The molecule has 1 aliphatic heterocycles. The minimum absolute atomic E-state index is 0.0225. The molecule has 2 amide bonds. The normalized spacial score (nSPS) is 15.1. The van der Waals surface area contributed by atoms with Gasteiger partial charge in [-0.3, -0.25) is 9.59 Å². The standard InChI is InChI=1S/C22H26N2O4/c1-2-27-20-11-6-4-9-17(20)22(26)23-14-7-12-21(25)24-18-13-15-28-19-10-5-3-8-16(18)19/h3-6,8-11,18H,2,7,12-15H2,1H3,(H,23,26)(H,24,25)/t18-/m1/s1. The summed E-state index contributed by atoms with van der Waals surface area (Å²) in [6.45, 7) is 3.40. The SMILES string of the molecule is CCOc1ccccc1C(=O)NCCCC(=O)N[C@@H]1CCOc2ccccc21. The summed E-state index contributed by atoms with van der Waals surface area (Å²) in [7, 11) is 0.